The molecule has 0 unspecified atom stereocenters. The average molecular weight is 282 g/mol. The van der Waals surface area contributed by atoms with Crippen LogP contribution in [0.1, 0.15) is 11.6 Å². The number of fused-ring (bicyclic) bond motifs is 1. The molecule has 3 rings (SSSR count). The van der Waals surface area contributed by atoms with Gasteiger partial charge in [0.1, 0.15) is 5.75 Å². The number of nitrogens with one attached hydrogen (secondary N) is 1. The van der Waals surface area contributed by atoms with E-state index >= 15 is 0 Å². The number of methoxy groups -OCH3 is 1. The summed E-state index contributed by atoms with van der Waals surface area (Å²) in [7, 11) is 1.74. The molecule has 1 heterocycles. The lowest BCUT2D eigenvalue weighted by molar-refractivity contribution is 0.201. The smallest absolute Gasteiger partial charge is 0.124 e. The van der Waals surface area contributed by atoms with Gasteiger partial charge in [-0.25, -0.2) is 0 Å². The van der Waals surface area contributed by atoms with E-state index in [0.717, 1.165) is 31.9 Å². The van der Waals surface area contributed by atoms with Crippen LogP contribution in [0.25, 0.3) is 10.8 Å². The summed E-state index contributed by atoms with van der Waals surface area (Å²) in [5.74, 6) is 0.942. The molecule has 0 saturated carbocycles. The van der Waals surface area contributed by atoms with Crippen LogP contribution in [0.4, 0.5) is 0 Å². The summed E-state index contributed by atoms with van der Waals surface area (Å²) >= 11 is 0. The minimum absolute atomic E-state index is 0.188. The zero-order valence-corrected chi connectivity index (χ0v) is 12.5. The van der Waals surface area contributed by atoms with E-state index in [1.807, 2.05) is 6.08 Å². The van der Waals surface area contributed by atoms with Crippen LogP contribution in [0.2, 0.25) is 0 Å². The van der Waals surface area contributed by atoms with Crippen LogP contribution in [0.3, 0.4) is 0 Å². The number of piperazine rings is 1. The second-order valence-corrected chi connectivity index (χ2v) is 5.37. The maximum absolute atomic E-state index is 5.64. The fraction of sp³-hybridized carbons (Fsp3) is 0.333. The van der Waals surface area contributed by atoms with Crippen molar-refractivity contribution in [1.82, 2.24) is 10.2 Å². The summed E-state index contributed by atoms with van der Waals surface area (Å²) in [5.41, 5.74) is 1.23. The molecule has 1 aliphatic heterocycles. The van der Waals surface area contributed by atoms with E-state index in [2.05, 4.69) is 53.2 Å². The van der Waals surface area contributed by atoms with Gasteiger partial charge in [0, 0.05) is 31.7 Å². The van der Waals surface area contributed by atoms with Crippen LogP contribution in [0.15, 0.2) is 49.1 Å². The van der Waals surface area contributed by atoms with E-state index < -0.39 is 0 Å². The fourth-order valence-corrected chi connectivity index (χ4v) is 3.17. The van der Waals surface area contributed by atoms with Crippen LogP contribution in [0, 0.1) is 0 Å². The summed E-state index contributed by atoms with van der Waals surface area (Å²) in [5, 5.41) is 5.90. The molecule has 3 nitrogen and oxygen atoms in total. The molecule has 2 aromatic rings. The van der Waals surface area contributed by atoms with Crippen molar-refractivity contribution in [2.75, 3.05) is 33.3 Å². The summed E-state index contributed by atoms with van der Waals surface area (Å²) in [6, 6.07) is 12.9. The minimum Gasteiger partial charge on any atom is -0.496 e. The molecule has 1 N–H and O–H groups in total. The molecular weight excluding hydrogens is 260 g/mol. The van der Waals surface area contributed by atoms with Crippen molar-refractivity contribution in [3.8, 4) is 5.75 Å². The summed E-state index contributed by atoms with van der Waals surface area (Å²) < 4.78 is 5.64. The number of ether oxygens (including phenoxy) is 1. The first kappa shape index (κ1) is 14.1. The first-order chi connectivity index (χ1) is 10.3. The zero-order valence-electron chi connectivity index (χ0n) is 12.5. The third-order valence-corrected chi connectivity index (χ3v) is 4.21. The lowest BCUT2D eigenvalue weighted by Crippen LogP contribution is -2.44. The Hall–Kier alpha value is -1.84. The molecule has 110 valence electrons. The standard InChI is InChI=1S/C18H22N2O/c1-3-16(20-12-10-19-11-13-20)18-15-7-5-4-6-14(15)8-9-17(18)21-2/h3-9,16,19H,1,10-13H2,2H3/t16-/m1/s1. The Kier molecular flexibility index (Phi) is 4.23. The highest BCUT2D eigenvalue weighted by Gasteiger charge is 2.24. The molecular formula is C18H22N2O. The van der Waals surface area contributed by atoms with Crippen molar-refractivity contribution in [3.63, 3.8) is 0 Å². The molecule has 0 spiro atoms. The first-order valence-electron chi connectivity index (χ1n) is 7.48. The van der Waals surface area contributed by atoms with Crippen molar-refractivity contribution in [1.29, 1.82) is 0 Å². The SMILES string of the molecule is C=C[C@H](c1c(OC)ccc2ccccc12)N1CCNCC1. The summed E-state index contributed by atoms with van der Waals surface area (Å²) in [4.78, 5) is 2.47. The highest BCUT2D eigenvalue weighted by Crippen LogP contribution is 2.36. The van der Waals surface area contributed by atoms with Crippen molar-refractivity contribution in [3.05, 3.63) is 54.6 Å². The van der Waals surface area contributed by atoms with Gasteiger partial charge < -0.3 is 10.1 Å². The normalized spacial score (nSPS) is 17.6. The van der Waals surface area contributed by atoms with E-state index in [1.165, 1.54) is 16.3 Å². The van der Waals surface area contributed by atoms with Gasteiger partial charge in [0.05, 0.1) is 13.2 Å². The summed E-state index contributed by atoms with van der Waals surface area (Å²) in [6.07, 6.45) is 2.04. The third-order valence-electron chi connectivity index (χ3n) is 4.21. The molecule has 21 heavy (non-hydrogen) atoms. The van der Waals surface area contributed by atoms with Crippen LogP contribution >= 0.6 is 0 Å². The molecule has 1 saturated heterocycles. The third kappa shape index (κ3) is 2.67. The van der Waals surface area contributed by atoms with Gasteiger partial charge in [0.25, 0.3) is 0 Å². The topological polar surface area (TPSA) is 24.5 Å². The molecule has 3 heteroatoms. The van der Waals surface area contributed by atoms with E-state index in [4.69, 9.17) is 4.74 Å². The van der Waals surface area contributed by atoms with Crippen LogP contribution in [-0.4, -0.2) is 38.2 Å². The average Bonchev–Trinajstić information content (AvgIpc) is 2.56. The largest absolute Gasteiger partial charge is 0.496 e. The molecule has 0 aliphatic carbocycles. The van der Waals surface area contributed by atoms with Crippen LogP contribution in [0.5, 0.6) is 5.75 Å². The second-order valence-electron chi connectivity index (χ2n) is 5.37. The van der Waals surface area contributed by atoms with E-state index in [1.54, 1.807) is 7.11 Å². The lowest BCUT2D eigenvalue weighted by Gasteiger charge is -2.34. The molecule has 1 fully saturated rings. The Morgan fingerprint density at radius 1 is 1.19 bits per heavy atom. The molecule has 0 radical (unpaired) electrons. The van der Waals surface area contributed by atoms with Crippen molar-refractivity contribution in [2.45, 2.75) is 6.04 Å². The number of nitrogens with zero attached hydrogens (tertiary/aromatic N) is 1. The Labute approximate surface area is 126 Å². The second kappa shape index (κ2) is 6.29. The van der Waals surface area contributed by atoms with Gasteiger partial charge in [-0.1, -0.05) is 36.4 Å². The summed E-state index contributed by atoms with van der Waals surface area (Å²) in [6.45, 7) is 8.19. The Bertz CT molecular complexity index is 632. The van der Waals surface area contributed by atoms with Crippen molar-refractivity contribution >= 4 is 10.8 Å². The Morgan fingerprint density at radius 3 is 2.67 bits per heavy atom. The number of rotatable bonds is 4. The minimum atomic E-state index is 0.188. The number of hydrogen-bond donors (Lipinski definition) is 1. The predicted octanol–water partition coefficient (Wildman–Crippen LogP) is 2.98. The molecule has 0 aromatic heterocycles. The van der Waals surface area contributed by atoms with Gasteiger partial charge >= 0.3 is 0 Å². The van der Waals surface area contributed by atoms with Crippen molar-refractivity contribution < 1.29 is 4.74 Å². The van der Waals surface area contributed by atoms with Crippen LogP contribution < -0.4 is 10.1 Å². The van der Waals surface area contributed by atoms with Gasteiger partial charge in [-0.3, -0.25) is 4.90 Å². The molecule has 0 bridgehead atoms. The maximum Gasteiger partial charge on any atom is 0.124 e. The predicted molar refractivity (Wildman–Crippen MR) is 87.9 cm³/mol. The molecule has 1 aliphatic rings. The Balaban J connectivity index is 2.13. The Morgan fingerprint density at radius 2 is 1.95 bits per heavy atom. The zero-order chi connectivity index (χ0) is 14.7. The van der Waals surface area contributed by atoms with Gasteiger partial charge in [-0.05, 0) is 16.8 Å². The highest BCUT2D eigenvalue weighted by molar-refractivity contribution is 5.88. The number of hydrogen-bond acceptors (Lipinski definition) is 3. The van der Waals surface area contributed by atoms with Gasteiger partial charge in [0.2, 0.25) is 0 Å². The lowest BCUT2D eigenvalue weighted by atomic mass is 9.96. The van der Waals surface area contributed by atoms with Gasteiger partial charge in [-0.2, -0.15) is 0 Å². The van der Waals surface area contributed by atoms with Gasteiger partial charge in [-0.15, -0.1) is 6.58 Å². The van der Waals surface area contributed by atoms with E-state index in [0.29, 0.717) is 0 Å². The maximum atomic E-state index is 5.64. The molecule has 0 amide bonds. The molecule has 2 aromatic carbocycles. The first-order valence-corrected chi connectivity index (χ1v) is 7.48. The fourth-order valence-electron chi connectivity index (χ4n) is 3.17. The van der Waals surface area contributed by atoms with Gasteiger partial charge in [0.15, 0.2) is 0 Å². The quantitative estimate of drug-likeness (QED) is 0.873. The number of benzene rings is 2. The van der Waals surface area contributed by atoms with Crippen molar-refractivity contribution in [2.24, 2.45) is 0 Å². The highest BCUT2D eigenvalue weighted by atomic mass is 16.5. The van der Waals surface area contributed by atoms with E-state index in [-0.39, 0.29) is 6.04 Å². The molecule has 1 atom stereocenters. The monoisotopic (exact) mass is 282 g/mol. The van der Waals surface area contributed by atoms with E-state index in [9.17, 15) is 0 Å². The van der Waals surface area contributed by atoms with Crippen LogP contribution in [-0.2, 0) is 0 Å².